The van der Waals surface area contributed by atoms with Gasteiger partial charge in [-0.2, -0.15) is 0 Å². The Morgan fingerprint density at radius 3 is 2.43 bits per heavy atom. The van der Waals surface area contributed by atoms with Gasteiger partial charge in [0.15, 0.2) is 11.5 Å². The average molecular weight is 296 g/mol. The maximum absolute atomic E-state index is 12.0. The minimum absolute atomic E-state index is 0.120. The van der Waals surface area contributed by atoms with Crippen molar-refractivity contribution in [3.8, 4) is 11.5 Å². The van der Waals surface area contributed by atoms with E-state index in [1.54, 1.807) is 25.1 Å². The van der Waals surface area contributed by atoms with Crippen molar-refractivity contribution in [1.29, 1.82) is 0 Å². The molecule has 0 heterocycles. The number of ether oxygens (including phenoxy) is 2. The van der Waals surface area contributed by atoms with Crippen molar-refractivity contribution in [2.75, 3.05) is 33.1 Å². The minimum Gasteiger partial charge on any atom is -0.493 e. The molecule has 0 aromatic heterocycles. The number of rotatable bonds is 6. The van der Waals surface area contributed by atoms with Crippen LogP contribution in [0.3, 0.4) is 0 Å². The molecule has 0 radical (unpaired) electrons. The van der Waals surface area contributed by atoms with Crippen molar-refractivity contribution in [2.45, 2.75) is 6.92 Å². The van der Waals surface area contributed by atoms with E-state index in [4.69, 9.17) is 14.6 Å². The number of hydrogen-bond acceptors (Lipinski definition) is 4. The molecule has 1 atom stereocenters. The Balaban J connectivity index is 2.72. The SMILES string of the molecule is COc1ccc(NC(=O)N(C)CC(C)C(=O)O)cc1OC. The fourth-order valence-electron chi connectivity index (χ4n) is 1.70. The van der Waals surface area contributed by atoms with Gasteiger partial charge in [-0.3, -0.25) is 4.79 Å². The highest BCUT2D eigenvalue weighted by atomic mass is 16.5. The quantitative estimate of drug-likeness (QED) is 0.837. The van der Waals surface area contributed by atoms with Crippen LogP contribution in [0.15, 0.2) is 18.2 Å². The number of carboxylic acid groups (broad SMARTS) is 1. The van der Waals surface area contributed by atoms with E-state index in [1.165, 1.54) is 26.2 Å². The van der Waals surface area contributed by atoms with Crippen LogP contribution in [0.4, 0.5) is 10.5 Å². The Morgan fingerprint density at radius 2 is 1.90 bits per heavy atom. The molecule has 7 nitrogen and oxygen atoms in total. The molecule has 1 aromatic carbocycles. The standard InChI is InChI=1S/C14H20N2O5/c1-9(13(17)18)8-16(2)14(19)15-10-5-6-11(20-3)12(7-10)21-4/h5-7,9H,8H2,1-4H3,(H,15,19)(H,17,18). The Kier molecular flexibility index (Phi) is 5.83. The molecule has 0 aliphatic heterocycles. The highest BCUT2D eigenvalue weighted by Gasteiger charge is 2.17. The lowest BCUT2D eigenvalue weighted by atomic mass is 10.2. The number of anilines is 1. The third-order valence-corrected chi connectivity index (χ3v) is 2.95. The zero-order valence-corrected chi connectivity index (χ0v) is 12.5. The fourth-order valence-corrected chi connectivity index (χ4v) is 1.70. The summed E-state index contributed by atoms with van der Waals surface area (Å²) in [7, 11) is 4.57. The molecule has 0 fully saturated rings. The van der Waals surface area contributed by atoms with Crippen molar-refractivity contribution in [2.24, 2.45) is 5.92 Å². The summed E-state index contributed by atoms with van der Waals surface area (Å²) in [4.78, 5) is 24.1. The van der Waals surface area contributed by atoms with Gasteiger partial charge in [0, 0.05) is 25.3 Å². The number of nitrogens with one attached hydrogen (secondary N) is 1. The van der Waals surface area contributed by atoms with Gasteiger partial charge in [-0.1, -0.05) is 6.92 Å². The van der Waals surface area contributed by atoms with Crippen LogP contribution in [-0.4, -0.2) is 49.8 Å². The van der Waals surface area contributed by atoms with Gasteiger partial charge in [-0.25, -0.2) is 4.79 Å². The third kappa shape index (κ3) is 4.55. The Morgan fingerprint density at radius 1 is 1.29 bits per heavy atom. The van der Waals surface area contributed by atoms with Crippen LogP contribution in [-0.2, 0) is 4.79 Å². The summed E-state index contributed by atoms with van der Waals surface area (Å²) in [6.45, 7) is 1.66. The molecule has 0 bridgehead atoms. The first-order chi connectivity index (χ1) is 9.88. The van der Waals surface area contributed by atoms with Gasteiger partial charge in [0.05, 0.1) is 20.1 Å². The number of benzene rings is 1. The van der Waals surface area contributed by atoms with Gasteiger partial charge >= 0.3 is 12.0 Å². The molecule has 1 aromatic rings. The highest BCUT2D eigenvalue weighted by Crippen LogP contribution is 2.29. The third-order valence-electron chi connectivity index (χ3n) is 2.95. The lowest BCUT2D eigenvalue weighted by molar-refractivity contribution is -0.141. The van der Waals surface area contributed by atoms with Crippen molar-refractivity contribution in [1.82, 2.24) is 4.90 Å². The number of urea groups is 1. The summed E-state index contributed by atoms with van der Waals surface area (Å²) in [6, 6.07) is 4.59. The first-order valence-corrected chi connectivity index (χ1v) is 6.36. The Hall–Kier alpha value is -2.44. The summed E-state index contributed by atoms with van der Waals surface area (Å²) in [5, 5.41) is 11.5. The summed E-state index contributed by atoms with van der Waals surface area (Å²) in [6.07, 6.45) is 0. The van der Waals surface area contributed by atoms with Crippen molar-refractivity contribution in [3.63, 3.8) is 0 Å². The van der Waals surface area contributed by atoms with E-state index in [-0.39, 0.29) is 6.54 Å². The Labute approximate surface area is 123 Å². The van der Waals surface area contributed by atoms with Crippen molar-refractivity contribution in [3.05, 3.63) is 18.2 Å². The topological polar surface area (TPSA) is 88.1 Å². The molecule has 2 N–H and O–H groups in total. The molecule has 21 heavy (non-hydrogen) atoms. The zero-order valence-electron chi connectivity index (χ0n) is 12.5. The number of carboxylic acids is 1. The number of methoxy groups -OCH3 is 2. The van der Waals surface area contributed by atoms with Crippen LogP contribution in [0.2, 0.25) is 0 Å². The smallest absolute Gasteiger partial charge is 0.321 e. The van der Waals surface area contributed by atoms with E-state index in [0.29, 0.717) is 17.2 Å². The Bertz CT molecular complexity index is 518. The lowest BCUT2D eigenvalue weighted by Crippen LogP contribution is -2.36. The van der Waals surface area contributed by atoms with Crippen LogP contribution >= 0.6 is 0 Å². The monoisotopic (exact) mass is 296 g/mol. The largest absolute Gasteiger partial charge is 0.493 e. The second-order valence-corrected chi connectivity index (χ2v) is 4.62. The molecular weight excluding hydrogens is 276 g/mol. The van der Waals surface area contributed by atoms with E-state index in [2.05, 4.69) is 5.32 Å². The second kappa shape index (κ2) is 7.37. The number of aliphatic carboxylic acids is 1. The number of carbonyl (C=O) groups is 2. The van der Waals surface area contributed by atoms with E-state index >= 15 is 0 Å². The normalized spacial score (nSPS) is 11.4. The van der Waals surface area contributed by atoms with Crippen molar-refractivity contribution >= 4 is 17.7 Å². The van der Waals surface area contributed by atoms with E-state index in [0.717, 1.165) is 0 Å². The van der Waals surface area contributed by atoms with Crippen LogP contribution in [0.25, 0.3) is 0 Å². The van der Waals surface area contributed by atoms with Crippen LogP contribution < -0.4 is 14.8 Å². The molecular formula is C14H20N2O5. The highest BCUT2D eigenvalue weighted by molar-refractivity contribution is 5.89. The number of hydrogen-bond donors (Lipinski definition) is 2. The molecule has 0 aliphatic rings. The molecule has 1 rings (SSSR count). The first-order valence-electron chi connectivity index (χ1n) is 6.36. The molecule has 116 valence electrons. The van der Waals surface area contributed by atoms with E-state index in [1.807, 2.05) is 0 Å². The molecule has 0 spiro atoms. The van der Waals surface area contributed by atoms with Gasteiger partial charge in [-0.15, -0.1) is 0 Å². The summed E-state index contributed by atoms with van der Waals surface area (Å²) < 4.78 is 10.3. The average Bonchev–Trinajstić information content (AvgIpc) is 2.46. The maximum Gasteiger partial charge on any atom is 0.321 e. The number of nitrogens with zero attached hydrogens (tertiary/aromatic N) is 1. The predicted octanol–water partition coefficient (Wildman–Crippen LogP) is 1.89. The van der Waals surface area contributed by atoms with Gasteiger partial charge in [0.25, 0.3) is 0 Å². The summed E-state index contributed by atoms with van der Waals surface area (Å²) >= 11 is 0. The van der Waals surface area contributed by atoms with Crippen LogP contribution in [0.5, 0.6) is 11.5 Å². The van der Waals surface area contributed by atoms with Crippen molar-refractivity contribution < 1.29 is 24.2 Å². The minimum atomic E-state index is -0.944. The number of amides is 2. The predicted molar refractivity (Wildman–Crippen MR) is 78.0 cm³/mol. The van der Waals surface area contributed by atoms with Gasteiger partial charge in [-0.05, 0) is 12.1 Å². The fraction of sp³-hybridized carbons (Fsp3) is 0.429. The van der Waals surface area contributed by atoms with E-state index < -0.39 is 17.9 Å². The first kappa shape index (κ1) is 16.6. The summed E-state index contributed by atoms with van der Waals surface area (Å²) in [5.74, 6) is -0.521. The summed E-state index contributed by atoms with van der Waals surface area (Å²) in [5.41, 5.74) is 0.535. The number of carbonyl (C=O) groups excluding carboxylic acids is 1. The lowest BCUT2D eigenvalue weighted by Gasteiger charge is -2.20. The molecule has 0 saturated carbocycles. The van der Waals surface area contributed by atoms with Gasteiger partial charge < -0.3 is 24.8 Å². The van der Waals surface area contributed by atoms with Crippen LogP contribution in [0, 0.1) is 5.92 Å². The maximum atomic E-state index is 12.0. The zero-order chi connectivity index (χ0) is 16.0. The van der Waals surface area contributed by atoms with Gasteiger partial charge in [0.1, 0.15) is 0 Å². The molecule has 7 heteroatoms. The molecule has 2 amide bonds. The molecule has 0 saturated heterocycles. The molecule has 0 aliphatic carbocycles. The van der Waals surface area contributed by atoms with Crippen LogP contribution in [0.1, 0.15) is 6.92 Å². The van der Waals surface area contributed by atoms with E-state index in [9.17, 15) is 9.59 Å². The molecule has 1 unspecified atom stereocenters. The van der Waals surface area contributed by atoms with Gasteiger partial charge in [0.2, 0.25) is 0 Å². The second-order valence-electron chi connectivity index (χ2n) is 4.62.